The number of hydrogen-bond donors (Lipinski definition) is 1. The molecule has 3 aromatic rings. The van der Waals surface area contributed by atoms with Crippen molar-refractivity contribution in [1.29, 1.82) is 0 Å². The molecular weight excluding hydrogens is 224 g/mol. The van der Waals surface area contributed by atoms with Gasteiger partial charge in [0.05, 0.1) is 6.26 Å². The largest absolute Gasteiger partial charge is 0.507 e. The third-order valence-corrected chi connectivity index (χ3v) is 3.17. The fraction of sp³-hybridized carbons (Fsp3) is 0.125. The maximum absolute atomic E-state index is 10.0. The highest BCUT2D eigenvalue weighted by Crippen LogP contribution is 2.36. The van der Waals surface area contributed by atoms with Crippen LogP contribution in [0, 0.1) is 13.8 Å². The van der Waals surface area contributed by atoms with Crippen molar-refractivity contribution in [2.45, 2.75) is 13.8 Å². The van der Waals surface area contributed by atoms with Gasteiger partial charge in [-0.15, -0.1) is 0 Å². The van der Waals surface area contributed by atoms with Crippen molar-refractivity contribution < 1.29 is 9.52 Å². The lowest BCUT2D eigenvalue weighted by Crippen LogP contribution is -1.79. The van der Waals surface area contributed by atoms with Gasteiger partial charge in [-0.3, -0.25) is 0 Å². The third kappa shape index (κ3) is 1.66. The van der Waals surface area contributed by atoms with E-state index in [9.17, 15) is 5.11 Å². The predicted molar refractivity (Wildman–Crippen MR) is 72.8 cm³/mol. The number of aryl methyl sites for hydroxylation is 2. The molecule has 1 aromatic heterocycles. The molecular formula is C16H14O2. The Bertz CT molecular complexity index is 723. The molecule has 1 heterocycles. The molecule has 0 aliphatic rings. The number of furan rings is 1. The van der Waals surface area contributed by atoms with Crippen LogP contribution in [-0.2, 0) is 0 Å². The van der Waals surface area contributed by atoms with Crippen LogP contribution in [0.4, 0.5) is 0 Å². The first-order valence-electron chi connectivity index (χ1n) is 5.93. The van der Waals surface area contributed by atoms with Crippen LogP contribution in [0.3, 0.4) is 0 Å². The second-order valence-electron chi connectivity index (χ2n) is 4.67. The standard InChI is InChI=1S/C16H14O2/c1-10-3-5-12(15(17)7-10)14-9-18-16-8-11(2)4-6-13(14)16/h3-9,17H,1-2H3. The maximum atomic E-state index is 10.0. The van der Waals surface area contributed by atoms with Crippen molar-refractivity contribution in [3.05, 3.63) is 53.8 Å². The van der Waals surface area contributed by atoms with E-state index < -0.39 is 0 Å². The molecule has 0 fully saturated rings. The van der Waals surface area contributed by atoms with Crippen LogP contribution >= 0.6 is 0 Å². The quantitative estimate of drug-likeness (QED) is 0.680. The molecule has 0 radical (unpaired) electrons. The highest BCUT2D eigenvalue weighted by atomic mass is 16.3. The Morgan fingerprint density at radius 2 is 1.61 bits per heavy atom. The average Bonchev–Trinajstić information content (AvgIpc) is 2.72. The molecule has 0 saturated carbocycles. The van der Waals surface area contributed by atoms with E-state index in [1.165, 1.54) is 0 Å². The first kappa shape index (κ1) is 10.9. The number of aromatic hydroxyl groups is 1. The third-order valence-electron chi connectivity index (χ3n) is 3.17. The molecule has 0 aliphatic heterocycles. The van der Waals surface area contributed by atoms with Crippen molar-refractivity contribution in [2.24, 2.45) is 0 Å². The van der Waals surface area contributed by atoms with Crippen LogP contribution in [0.15, 0.2) is 47.1 Å². The van der Waals surface area contributed by atoms with Crippen LogP contribution in [0.5, 0.6) is 5.75 Å². The van der Waals surface area contributed by atoms with Crippen molar-refractivity contribution in [2.75, 3.05) is 0 Å². The van der Waals surface area contributed by atoms with E-state index in [2.05, 4.69) is 0 Å². The smallest absolute Gasteiger partial charge is 0.134 e. The first-order chi connectivity index (χ1) is 8.65. The Morgan fingerprint density at radius 3 is 2.39 bits per heavy atom. The monoisotopic (exact) mass is 238 g/mol. The number of rotatable bonds is 1. The van der Waals surface area contributed by atoms with Crippen LogP contribution < -0.4 is 0 Å². The molecule has 0 bridgehead atoms. The molecule has 90 valence electrons. The van der Waals surface area contributed by atoms with Crippen LogP contribution in [-0.4, -0.2) is 5.11 Å². The number of phenols is 1. The van der Waals surface area contributed by atoms with E-state index >= 15 is 0 Å². The predicted octanol–water partition coefficient (Wildman–Crippen LogP) is 4.42. The molecule has 0 saturated heterocycles. The van der Waals surface area contributed by atoms with Gasteiger partial charge in [-0.05, 0) is 37.1 Å². The highest BCUT2D eigenvalue weighted by molar-refractivity contribution is 5.95. The zero-order chi connectivity index (χ0) is 12.7. The summed E-state index contributed by atoms with van der Waals surface area (Å²) in [6.07, 6.45) is 1.70. The Balaban J connectivity index is 2.25. The van der Waals surface area contributed by atoms with E-state index in [1.54, 1.807) is 12.3 Å². The van der Waals surface area contributed by atoms with E-state index in [0.717, 1.165) is 33.2 Å². The van der Waals surface area contributed by atoms with Gasteiger partial charge in [0.15, 0.2) is 0 Å². The fourth-order valence-electron chi connectivity index (χ4n) is 2.21. The number of phenolic OH excluding ortho intramolecular Hbond substituents is 1. The molecule has 18 heavy (non-hydrogen) atoms. The van der Waals surface area contributed by atoms with E-state index in [0.29, 0.717) is 5.75 Å². The van der Waals surface area contributed by atoms with Crippen molar-refractivity contribution >= 4 is 11.0 Å². The minimum Gasteiger partial charge on any atom is -0.507 e. The lowest BCUT2D eigenvalue weighted by atomic mass is 10.0. The summed E-state index contributed by atoms with van der Waals surface area (Å²) in [5.41, 5.74) is 4.80. The fourth-order valence-corrected chi connectivity index (χ4v) is 2.21. The van der Waals surface area contributed by atoms with Gasteiger partial charge >= 0.3 is 0 Å². The molecule has 0 amide bonds. The summed E-state index contributed by atoms with van der Waals surface area (Å²) in [7, 11) is 0. The summed E-state index contributed by atoms with van der Waals surface area (Å²) in [4.78, 5) is 0. The van der Waals surface area contributed by atoms with E-state index in [4.69, 9.17) is 4.42 Å². The minimum absolute atomic E-state index is 0.290. The van der Waals surface area contributed by atoms with Crippen LogP contribution in [0.25, 0.3) is 22.1 Å². The Morgan fingerprint density at radius 1 is 0.889 bits per heavy atom. The molecule has 2 aromatic carbocycles. The van der Waals surface area contributed by atoms with Gasteiger partial charge in [-0.25, -0.2) is 0 Å². The lowest BCUT2D eigenvalue weighted by Gasteiger charge is -2.03. The number of fused-ring (bicyclic) bond motifs is 1. The molecule has 0 atom stereocenters. The summed E-state index contributed by atoms with van der Waals surface area (Å²) in [5, 5.41) is 11.1. The van der Waals surface area contributed by atoms with Gasteiger partial charge in [-0.2, -0.15) is 0 Å². The lowest BCUT2D eigenvalue weighted by molar-refractivity contribution is 0.477. The molecule has 0 unspecified atom stereocenters. The normalized spacial score (nSPS) is 11.0. The Kier molecular flexibility index (Phi) is 2.37. The summed E-state index contributed by atoms with van der Waals surface area (Å²) in [6, 6.07) is 11.8. The summed E-state index contributed by atoms with van der Waals surface area (Å²) in [6.45, 7) is 3.99. The molecule has 2 heteroatoms. The molecule has 0 spiro atoms. The SMILES string of the molecule is Cc1ccc(-c2coc3cc(C)ccc23)c(O)c1. The molecule has 3 rings (SSSR count). The Hall–Kier alpha value is -2.22. The van der Waals surface area contributed by atoms with Crippen molar-refractivity contribution in [1.82, 2.24) is 0 Å². The molecule has 2 nitrogen and oxygen atoms in total. The minimum atomic E-state index is 0.290. The number of benzene rings is 2. The van der Waals surface area contributed by atoms with E-state index in [1.807, 2.05) is 44.2 Å². The zero-order valence-corrected chi connectivity index (χ0v) is 10.4. The van der Waals surface area contributed by atoms with Gasteiger partial charge in [0.25, 0.3) is 0 Å². The second kappa shape index (κ2) is 3.91. The van der Waals surface area contributed by atoms with Gasteiger partial charge < -0.3 is 9.52 Å². The second-order valence-corrected chi connectivity index (χ2v) is 4.67. The summed E-state index contributed by atoms with van der Waals surface area (Å²) >= 11 is 0. The first-order valence-corrected chi connectivity index (χ1v) is 5.93. The van der Waals surface area contributed by atoms with Crippen LogP contribution in [0.1, 0.15) is 11.1 Å². The van der Waals surface area contributed by atoms with Gasteiger partial charge in [-0.1, -0.05) is 24.3 Å². The molecule has 1 N–H and O–H groups in total. The van der Waals surface area contributed by atoms with Gasteiger partial charge in [0.1, 0.15) is 11.3 Å². The van der Waals surface area contributed by atoms with Gasteiger partial charge in [0.2, 0.25) is 0 Å². The summed E-state index contributed by atoms with van der Waals surface area (Å²) < 4.78 is 5.56. The van der Waals surface area contributed by atoms with Crippen LogP contribution in [0.2, 0.25) is 0 Å². The summed E-state index contributed by atoms with van der Waals surface area (Å²) in [5.74, 6) is 0.290. The van der Waals surface area contributed by atoms with E-state index in [-0.39, 0.29) is 0 Å². The van der Waals surface area contributed by atoms with Crippen molar-refractivity contribution in [3.8, 4) is 16.9 Å². The Labute approximate surface area is 105 Å². The highest BCUT2D eigenvalue weighted by Gasteiger charge is 2.11. The van der Waals surface area contributed by atoms with Gasteiger partial charge in [0, 0.05) is 16.5 Å². The maximum Gasteiger partial charge on any atom is 0.134 e. The zero-order valence-electron chi connectivity index (χ0n) is 10.4. The topological polar surface area (TPSA) is 33.4 Å². The number of hydrogen-bond acceptors (Lipinski definition) is 2. The average molecular weight is 238 g/mol. The molecule has 0 aliphatic carbocycles. The van der Waals surface area contributed by atoms with Crippen molar-refractivity contribution in [3.63, 3.8) is 0 Å².